The fourth-order valence-corrected chi connectivity index (χ4v) is 7.02. The zero-order chi connectivity index (χ0) is 26.9. The van der Waals surface area contributed by atoms with Crippen LogP contribution in [-0.4, -0.2) is 77.6 Å². The number of anilines is 2. The number of aliphatic hydroxyl groups excluding tert-OH is 1. The van der Waals surface area contributed by atoms with Gasteiger partial charge in [-0.3, -0.25) is 0 Å². The normalized spacial score (nSPS) is 22.9. The van der Waals surface area contributed by atoms with E-state index in [1.165, 1.54) is 11.8 Å². The Kier molecular flexibility index (Phi) is 8.33. The maximum absolute atomic E-state index is 13.0. The SMILES string of the molecule is CCOC(=O)c1nc(Sc2ccnc(N3CCCC3CO)c2Cl)c(C)nc1N1CCC2(CC1)CO[C@@H](C)C2. The fraction of sp³-hybridized carbons (Fsp3) is 0.630. The fourth-order valence-electron chi connectivity index (χ4n) is 5.84. The number of aliphatic hydroxyl groups is 1. The van der Waals surface area contributed by atoms with Gasteiger partial charge in [0.1, 0.15) is 10.8 Å². The van der Waals surface area contributed by atoms with Gasteiger partial charge in [-0.15, -0.1) is 0 Å². The minimum atomic E-state index is -0.473. The molecule has 11 heteroatoms. The van der Waals surface area contributed by atoms with Crippen LogP contribution in [0, 0.1) is 12.3 Å². The van der Waals surface area contributed by atoms with Gasteiger partial charge in [0, 0.05) is 30.7 Å². The highest BCUT2D eigenvalue weighted by Crippen LogP contribution is 2.44. The van der Waals surface area contributed by atoms with Crippen LogP contribution >= 0.6 is 23.4 Å². The van der Waals surface area contributed by atoms with Crippen molar-refractivity contribution in [2.45, 2.75) is 74.9 Å². The highest BCUT2D eigenvalue weighted by molar-refractivity contribution is 7.99. The van der Waals surface area contributed by atoms with E-state index in [1.807, 2.05) is 13.0 Å². The van der Waals surface area contributed by atoms with Gasteiger partial charge in [-0.1, -0.05) is 23.4 Å². The van der Waals surface area contributed by atoms with Crippen LogP contribution in [0.15, 0.2) is 22.2 Å². The molecule has 3 aliphatic rings. The minimum absolute atomic E-state index is 0.0131. The van der Waals surface area contributed by atoms with Gasteiger partial charge in [0.25, 0.3) is 0 Å². The zero-order valence-corrected chi connectivity index (χ0v) is 23.9. The summed E-state index contributed by atoms with van der Waals surface area (Å²) in [5.41, 5.74) is 1.18. The molecule has 0 bridgehead atoms. The molecule has 9 nitrogen and oxygen atoms in total. The summed E-state index contributed by atoms with van der Waals surface area (Å²) >= 11 is 8.19. The van der Waals surface area contributed by atoms with Gasteiger partial charge in [-0.05, 0) is 64.4 Å². The van der Waals surface area contributed by atoms with Crippen molar-refractivity contribution in [2.75, 3.05) is 49.3 Å². The number of ether oxygens (including phenoxy) is 2. The number of hydrogen-bond donors (Lipinski definition) is 1. The number of hydrogen-bond acceptors (Lipinski definition) is 10. The number of nitrogens with zero attached hydrogens (tertiary/aromatic N) is 5. The molecule has 206 valence electrons. The molecule has 3 saturated heterocycles. The smallest absolute Gasteiger partial charge is 0.360 e. The Morgan fingerprint density at radius 3 is 2.76 bits per heavy atom. The molecule has 3 aliphatic heterocycles. The van der Waals surface area contributed by atoms with E-state index in [2.05, 4.69) is 21.7 Å². The van der Waals surface area contributed by atoms with Crippen molar-refractivity contribution in [3.8, 4) is 0 Å². The number of pyridine rings is 1. The van der Waals surface area contributed by atoms with E-state index in [-0.39, 0.29) is 30.4 Å². The van der Waals surface area contributed by atoms with Gasteiger partial charge in [0.05, 0.1) is 42.7 Å². The van der Waals surface area contributed by atoms with Crippen molar-refractivity contribution in [3.63, 3.8) is 0 Å². The van der Waals surface area contributed by atoms with Crippen molar-refractivity contribution >= 4 is 41.0 Å². The Hall–Kier alpha value is -2.14. The van der Waals surface area contributed by atoms with E-state index in [4.69, 9.17) is 31.0 Å². The number of carbonyl (C=O) groups is 1. The van der Waals surface area contributed by atoms with Gasteiger partial charge < -0.3 is 24.4 Å². The van der Waals surface area contributed by atoms with Crippen molar-refractivity contribution in [2.24, 2.45) is 5.41 Å². The second-order valence-corrected chi connectivity index (χ2v) is 11.9. The number of aryl methyl sites for hydroxylation is 1. The number of halogens is 1. The lowest BCUT2D eigenvalue weighted by Gasteiger charge is -2.39. The predicted octanol–water partition coefficient (Wildman–Crippen LogP) is 4.52. The highest BCUT2D eigenvalue weighted by atomic mass is 35.5. The Morgan fingerprint density at radius 2 is 2.08 bits per heavy atom. The number of carbonyl (C=O) groups excluding carboxylic acids is 1. The van der Waals surface area contributed by atoms with Crippen LogP contribution in [0.1, 0.15) is 62.1 Å². The Morgan fingerprint density at radius 1 is 1.29 bits per heavy atom. The maximum atomic E-state index is 13.0. The second kappa shape index (κ2) is 11.5. The van der Waals surface area contributed by atoms with Gasteiger partial charge >= 0.3 is 5.97 Å². The maximum Gasteiger partial charge on any atom is 0.360 e. The average molecular weight is 562 g/mol. The summed E-state index contributed by atoms with van der Waals surface area (Å²) in [4.78, 5) is 32.2. The molecule has 2 aromatic heterocycles. The molecule has 3 fully saturated rings. The molecular formula is C27H36ClN5O4S. The molecule has 38 heavy (non-hydrogen) atoms. The van der Waals surface area contributed by atoms with E-state index < -0.39 is 5.97 Å². The van der Waals surface area contributed by atoms with Crippen molar-refractivity contribution < 1.29 is 19.4 Å². The molecule has 1 N–H and O–H groups in total. The third kappa shape index (κ3) is 5.46. The largest absolute Gasteiger partial charge is 0.461 e. The van der Waals surface area contributed by atoms with E-state index in [0.29, 0.717) is 27.8 Å². The Balaban J connectivity index is 1.42. The van der Waals surface area contributed by atoms with E-state index in [9.17, 15) is 9.90 Å². The van der Waals surface area contributed by atoms with Crippen LogP contribution in [0.5, 0.6) is 0 Å². The molecule has 0 amide bonds. The molecule has 1 unspecified atom stereocenters. The quantitative estimate of drug-likeness (QED) is 0.485. The van der Waals surface area contributed by atoms with Crippen LogP contribution in [0.3, 0.4) is 0 Å². The zero-order valence-electron chi connectivity index (χ0n) is 22.3. The summed E-state index contributed by atoms with van der Waals surface area (Å²) < 4.78 is 11.3. The van der Waals surface area contributed by atoms with Crippen LogP contribution in [-0.2, 0) is 9.47 Å². The topological polar surface area (TPSA) is 101 Å². The molecule has 5 rings (SSSR count). The first-order chi connectivity index (χ1) is 18.3. The monoisotopic (exact) mass is 561 g/mol. The Bertz CT molecular complexity index is 1180. The number of aromatic nitrogens is 3. The molecular weight excluding hydrogens is 526 g/mol. The van der Waals surface area contributed by atoms with Gasteiger partial charge in [0.15, 0.2) is 11.5 Å². The molecule has 2 atom stereocenters. The molecule has 1 spiro atoms. The van der Waals surface area contributed by atoms with Crippen LogP contribution in [0.2, 0.25) is 5.02 Å². The van der Waals surface area contributed by atoms with E-state index in [0.717, 1.165) is 68.9 Å². The molecule has 0 aromatic carbocycles. The molecule has 0 saturated carbocycles. The third-order valence-corrected chi connectivity index (χ3v) is 9.52. The first-order valence-corrected chi connectivity index (χ1v) is 14.7. The van der Waals surface area contributed by atoms with Crippen LogP contribution in [0.25, 0.3) is 0 Å². The van der Waals surface area contributed by atoms with Gasteiger partial charge in [-0.25, -0.2) is 19.7 Å². The minimum Gasteiger partial charge on any atom is -0.461 e. The summed E-state index contributed by atoms with van der Waals surface area (Å²) in [6.45, 7) is 9.35. The molecule has 0 aliphatic carbocycles. The predicted molar refractivity (Wildman–Crippen MR) is 147 cm³/mol. The van der Waals surface area contributed by atoms with Crippen LogP contribution < -0.4 is 9.80 Å². The summed E-state index contributed by atoms with van der Waals surface area (Å²) in [6.07, 6.45) is 6.99. The summed E-state index contributed by atoms with van der Waals surface area (Å²) in [5.74, 6) is 0.768. The summed E-state index contributed by atoms with van der Waals surface area (Å²) in [5, 5.41) is 10.9. The first-order valence-electron chi connectivity index (χ1n) is 13.5. The molecule has 2 aromatic rings. The van der Waals surface area contributed by atoms with Gasteiger partial charge in [-0.2, -0.15) is 0 Å². The van der Waals surface area contributed by atoms with Crippen molar-refractivity contribution in [1.29, 1.82) is 0 Å². The Labute approximate surface area is 233 Å². The third-order valence-electron chi connectivity index (χ3n) is 7.90. The van der Waals surface area contributed by atoms with Gasteiger partial charge in [0.2, 0.25) is 0 Å². The van der Waals surface area contributed by atoms with E-state index in [1.54, 1.807) is 13.1 Å². The van der Waals surface area contributed by atoms with E-state index >= 15 is 0 Å². The lowest BCUT2D eigenvalue weighted by atomic mass is 9.77. The standard InChI is InChI=1S/C27H36ClN5O4S/c1-4-36-26(35)22-24(32-12-8-27(9-13-32)14-17(2)37-16-27)30-18(3)25(31-22)38-20-7-10-29-23(21(20)28)33-11-5-6-19(33)15-34/h7,10,17,19,34H,4-6,8-9,11-16H2,1-3H3/t17-,19?/m0/s1. The van der Waals surface area contributed by atoms with Crippen LogP contribution in [0.4, 0.5) is 11.6 Å². The summed E-state index contributed by atoms with van der Waals surface area (Å²) in [7, 11) is 0. The molecule has 5 heterocycles. The average Bonchev–Trinajstić information content (AvgIpc) is 3.53. The second-order valence-electron chi connectivity index (χ2n) is 10.5. The highest BCUT2D eigenvalue weighted by Gasteiger charge is 2.42. The summed E-state index contributed by atoms with van der Waals surface area (Å²) in [6, 6.07) is 1.85. The lowest BCUT2D eigenvalue weighted by molar-refractivity contribution is 0.0518. The van der Waals surface area contributed by atoms with Crippen molar-refractivity contribution in [1.82, 2.24) is 15.0 Å². The number of piperidine rings is 1. The molecule has 0 radical (unpaired) electrons. The number of esters is 1. The first kappa shape index (κ1) is 27.4. The number of rotatable bonds is 7. The van der Waals surface area contributed by atoms with Crippen molar-refractivity contribution in [3.05, 3.63) is 28.7 Å². The lowest BCUT2D eigenvalue weighted by Crippen LogP contribution is -2.42.